The molecule has 1 amide bonds. The molecule has 1 aromatic heterocycles. The number of hydrogen-bond donors (Lipinski definition) is 1. The van der Waals surface area contributed by atoms with Crippen LogP contribution in [0.4, 0.5) is 0 Å². The van der Waals surface area contributed by atoms with E-state index in [1.807, 2.05) is 19.9 Å². The third-order valence-corrected chi connectivity index (χ3v) is 3.22. The maximum atomic E-state index is 11.9. The second-order valence-electron chi connectivity index (χ2n) is 4.50. The van der Waals surface area contributed by atoms with Gasteiger partial charge in [-0.2, -0.15) is 0 Å². The number of furan rings is 1. The van der Waals surface area contributed by atoms with Crippen molar-refractivity contribution in [3.05, 3.63) is 23.7 Å². The van der Waals surface area contributed by atoms with Crippen LogP contribution in [-0.4, -0.2) is 29.4 Å². The van der Waals surface area contributed by atoms with Crippen molar-refractivity contribution in [1.82, 2.24) is 4.90 Å². The molecule has 2 heterocycles. The van der Waals surface area contributed by atoms with E-state index in [0.29, 0.717) is 18.8 Å². The van der Waals surface area contributed by atoms with Crippen molar-refractivity contribution in [3.8, 4) is 0 Å². The normalized spacial score (nSPS) is 18.3. The van der Waals surface area contributed by atoms with Gasteiger partial charge in [0.05, 0.1) is 5.54 Å². The summed E-state index contributed by atoms with van der Waals surface area (Å²) >= 11 is 0. The molecule has 16 heavy (non-hydrogen) atoms. The van der Waals surface area contributed by atoms with Gasteiger partial charge < -0.3 is 15.1 Å². The summed E-state index contributed by atoms with van der Waals surface area (Å²) in [6, 6.07) is 3.59. The minimum absolute atomic E-state index is 0.0470. The molecule has 0 aromatic carbocycles. The van der Waals surface area contributed by atoms with Crippen LogP contribution < -0.4 is 5.73 Å². The fourth-order valence-electron chi connectivity index (χ4n) is 1.92. The molecule has 0 atom stereocenters. The van der Waals surface area contributed by atoms with Gasteiger partial charge in [0.25, 0.3) is 5.91 Å². The first-order valence-electron chi connectivity index (χ1n) is 5.75. The molecule has 1 saturated heterocycles. The second-order valence-corrected chi connectivity index (χ2v) is 4.50. The molecule has 4 heteroatoms. The van der Waals surface area contributed by atoms with Crippen molar-refractivity contribution in [1.29, 1.82) is 0 Å². The van der Waals surface area contributed by atoms with Gasteiger partial charge in [-0.1, -0.05) is 13.8 Å². The first-order chi connectivity index (χ1) is 7.58. The molecule has 0 aliphatic carbocycles. The number of nitrogens with zero attached hydrogens (tertiary/aromatic N) is 1. The molecule has 1 fully saturated rings. The summed E-state index contributed by atoms with van der Waals surface area (Å²) in [4.78, 5) is 13.7. The molecule has 0 spiro atoms. The van der Waals surface area contributed by atoms with E-state index in [9.17, 15) is 4.79 Å². The van der Waals surface area contributed by atoms with Crippen molar-refractivity contribution in [2.45, 2.75) is 32.2 Å². The lowest BCUT2D eigenvalue weighted by Gasteiger charge is -2.46. The third-order valence-electron chi connectivity index (χ3n) is 3.22. The molecular weight excluding hydrogens is 204 g/mol. The van der Waals surface area contributed by atoms with Crippen molar-refractivity contribution in [3.63, 3.8) is 0 Å². The number of rotatable bonds is 3. The Morgan fingerprint density at radius 2 is 2.19 bits per heavy atom. The van der Waals surface area contributed by atoms with Crippen molar-refractivity contribution in [2.24, 2.45) is 5.73 Å². The second kappa shape index (κ2) is 3.94. The highest BCUT2D eigenvalue weighted by Gasteiger charge is 2.41. The van der Waals surface area contributed by atoms with E-state index in [1.165, 1.54) is 0 Å². The van der Waals surface area contributed by atoms with Gasteiger partial charge in [-0.05, 0) is 18.6 Å². The fourth-order valence-corrected chi connectivity index (χ4v) is 1.92. The summed E-state index contributed by atoms with van der Waals surface area (Å²) < 4.78 is 5.42. The molecule has 4 nitrogen and oxygen atoms in total. The first kappa shape index (κ1) is 11.2. The molecule has 1 aliphatic rings. The van der Waals surface area contributed by atoms with Crippen LogP contribution >= 0.6 is 0 Å². The van der Waals surface area contributed by atoms with E-state index in [4.69, 9.17) is 10.2 Å². The number of carbonyl (C=O) groups is 1. The van der Waals surface area contributed by atoms with Gasteiger partial charge in [0.15, 0.2) is 5.76 Å². The van der Waals surface area contributed by atoms with E-state index >= 15 is 0 Å². The predicted octanol–water partition coefficient (Wildman–Crippen LogP) is 1.41. The molecule has 88 valence electrons. The molecule has 1 aromatic rings. The molecule has 0 saturated carbocycles. The van der Waals surface area contributed by atoms with E-state index in [1.54, 1.807) is 11.0 Å². The highest BCUT2D eigenvalue weighted by atomic mass is 16.4. The lowest BCUT2D eigenvalue weighted by atomic mass is 9.88. The predicted molar refractivity (Wildman–Crippen MR) is 61.2 cm³/mol. The minimum Gasteiger partial charge on any atom is -0.456 e. The summed E-state index contributed by atoms with van der Waals surface area (Å²) in [6.45, 7) is 5.30. The Morgan fingerprint density at radius 1 is 1.50 bits per heavy atom. The zero-order chi connectivity index (χ0) is 11.8. The minimum atomic E-state index is -0.185. The van der Waals surface area contributed by atoms with Crippen molar-refractivity contribution < 1.29 is 9.21 Å². The number of aryl methyl sites for hydroxylation is 1. The van der Waals surface area contributed by atoms with Gasteiger partial charge in [-0.3, -0.25) is 4.79 Å². The molecular formula is C12H18N2O2. The summed E-state index contributed by atoms with van der Waals surface area (Å²) in [5, 5.41) is 0. The largest absolute Gasteiger partial charge is 0.456 e. The Morgan fingerprint density at radius 3 is 2.69 bits per heavy atom. The summed E-state index contributed by atoms with van der Waals surface area (Å²) in [6.07, 6.45) is 1.71. The number of likely N-dealkylation sites (tertiary alicyclic amines) is 1. The zero-order valence-electron chi connectivity index (χ0n) is 9.82. The summed E-state index contributed by atoms with van der Waals surface area (Å²) in [5.41, 5.74) is 5.83. The number of nitrogens with two attached hydrogens (primary N) is 1. The Balaban J connectivity index is 2.00. The Bertz CT molecular complexity index is 391. The highest BCUT2D eigenvalue weighted by molar-refractivity contribution is 5.92. The number of carbonyl (C=O) groups excluding carboxylic acids is 1. The van der Waals surface area contributed by atoms with Gasteiger partial charge in [-0.15, -0.1) is 0 Å². The van der Waals surface area contributed by atoms with Crippen LogP contribution in [0, 0.1) is 0 Å². The molecule has 0 bridgehead atoms. The highest BCUT2D eigenvalue weighted by Crippen LogP contribution is 2.24. The van der Waals surface area contributed by atoms with Crippen LogP contribution in [0.3, 0.4) is 0 Å². The van der Waals surface area contributed by atoms with Crippen LogP contribution in [0.1, 0.15) is 36.6 Å². The number of amides is 1. The Hall–Kier alpha value is -1.29. The summed E-state index contributed by atoms with van der Waals surface area (Å²) in [7, 11) is 0. The van der Waals surface area contributed by atoms with E-state index < -0.39 is 0 Å². The third kappa shape index (κ3) is 1.85. The molecule has 0 unspecified atom stereocenters. The van der Waals surface area contributed by atoms with Gasteiger partial charge >= 0.3 is 0 Å². The van der Waals surface area contributed by atoms with Crippen molar-refractivity contribution in [2.75, 3.05) is 13.1 Å². The lowest BCUT2D eigenvalue weighted by Crippen LogP contribution is -2.68. The quantitative estimate of drug-likeness (QED) is 0.841. The summed E-state index contributed by atoms with van der Waals surface area (Å²) in [5.74, 6) is 1.22. The maximum Gasteiger partial charge on any atom is 0.289 e. The van der Waals surface area contributed by atoms with Crippen LogP contribution in [-0.2, 0) is 6.42 Å². The van der Waals surface area contributed by atoms with Crippen LogP contribution in [0.5, 0.6) is 0 Å². The van der Waals surface area contributed by atoms with Crippen LogP contribution in [0.15, 0.2) is 16.5 Å². The van der Waals surface area contributed by atoms with E-state index in [-0.39, 0.29) is 11.4 Å². The van der Waals surface area contributed by atoms with Gasteiger partial charge in [0.2, 0.25) is 0 Å². The van der Waals surface area contributed by atoms with E-state index in [0.717, 1.165) is 18.6 Å². The molecule has 1 aliphatic heterocycles. The molecule has 0 radical (unpaired) electrons. The van der Waals surface area contributed by atoms with Crippen LogP contribution in [0.25, 0.3) is 0 Å². The Labute approximate surface area is 95.4 Å². The molecule has 2 N–H and O–H groups in total. The Kier molecular flexibility index (Phi) is 2.76. The average Bonchev–Trinajstić information content (AvgIpc) is 2.72. The first-order valence-corrected chi connectivity index (χ1v) is 5.75. The average molecular weight is 222 g/mol. The van der Waals surface area contributed by atoms with Crippen LogP contribution in [0.2, 0.25) is 0 Å². The van der Waals surface area contributed by atoms with Gasteiger partial charge in [0, 0.05) is 19.5 Å². The smallest absolute Gasteiger partial charge is 0.289 e. The lowest BCUT2D eigenvalue weighted by molar-refractivity contribution is 0.0370. The topological polar surface area (TPSA) is 59.5 Å². The van der Waals surface area contributed by atoms with E-state index in [2.05, 4.69) is 0 Å². The van der Waals surface area contributed by atoms with Crippen molar-refractivity contribution >= 4 is 5.91 Å². The zero-order valence-corrected chi connectivity index (χ0v) is 9.82. The van der Waals surface area contributed by atoms with Gasteiger partial charge in [0.1, 0.15) is 5.76 Å². The number of hydrogen-bond acceptors (Lipinski definition) is 3. The fraction of sp³-hybridized carbons (Fsp3) is 0.583. The van der Waals surface area contributed by atoms with Gasteiger partial charge in [-0.25, -0.2) is 0 Å². The molecule has 2 rings (SSSR count). The maximum absolute atomic E-state index is 11.9. The monoisotopic (exact) mass is 222 g/mol. The standard InChI is InChI=1S/C12H18N2O2/c1-3-9-5-6-10(16-9)11(15)14-7-12(13,4-2)8-14/h5-6H,3-4,7-8,13H2,1-2H3. The SMILES string of the molecule is CCc1ccc(C(=O)N2CC(N)(CC)C2)o1.